The van der Waals surface area contributed by atoms with Gasteiger partial charge >= 0.3 is 0 Å². The van der Waals surface area contributed by atoms with E-state index in [-0.39, 0.29) is 0 Å². The quantitative estimate of drug-likeness (QED) is 0.922. The molecule has 2 aromatic heterocycles. The van der Waals surface area contributed by atoms with Crippen molar-refractivity contribution in [2.45, 2.75) is 33.7 Å². The van der Waals surface area contributed by atoms with Gasteiger partial charge in [-0.25, -0.2) is 9.97 Å². The van der Waals surface area contributed by atoms with Gasteiger partial charge < -0.3 is 10.3 Å². The molecule has 2 rings (SSSR count). The van der Waals surface area contributed by atoms with Crippen LogP contribution in [0.4, 0.5) is 5.82 Å². The molecule has 0 bridgehead atoms. The molecule has 0 fully saturated rings. The lowest BCUT2D eigenvalue weighted by Crippen LogP contribution is -2.10. The van der Waals surface area contributed by atoms with E-state index in [1.165, 1.54) is 11.3 Å². The van der Waals surface area contributed by atoms with Gasteiger partial charge in [0.2, 0.25) is 0 Å². The van der Waals surface area contributed by atoms with Crippen LogP contribution in [0.15, 0.2) is 6.33 Å². The highest BCUT2D eigenvalue weighted by Crippen LogP contribution is 2.30. The molecule has 18 heavy (non-hydrogen) atoms. The highest BCUT2D eigenvalue weighted by Gasteiger charge is 2.18. The number of hydrogen-bond donors (Lipinski definition) is 1. The maximum absolute atomic E-state index is 5.97. The number of anilines is 1. The Morgan fingerprint density at radius 2 is 2.11 bits per heavy atom. The molecule has 0 amide bonds. The van der Waals surface area contributed by atoms with Crippen molar-refractivity contribution < 1.29 is 0 Å². The zero-order valence-electron chi connectivity index (χ0n) is 11.4. The van der Waals surface area contributed by atoms with Crippen molar-refractivity contribution in [2.75, 3.05) is 17.2 Å². The van der Waals surface area contributed by atoms with E-state index in [0.717, 1.165) is 22.5 Å². The number of nitrogens with zero attached hydrogens (tertiary/aromatic N) is 3. The number of aryl methyl sites for hydroxylation is 1. The smallest absolute Gasteiger partial charge is 0.146 e. The van der Waals surface area contributed by atoms with Crippen LogP contribution in [0.1, 0.15) is 31.1 Å². The topological polar surface area (TPSA) is 56.7 Å². The normalized spacial score (nSPS) is 13.1. The van der Waals surface area contributed by atoms with Crippen molar-refractivity contribution in [3.05, 3.63) is 17.6 Å². The maximum atomic E-state index is 5.97. The Hall–Kier alpha value is -1.23. The predicted octanol–water partition coefficient (Wildman–Crippen LogP) is 2.94. The number of nitrogen functional groups attached to an aromatic ring is 1. The average molecular weight is 264 g/mol. The SMILES string of the molecule is CCSCC(C)n1c(C)c(C)c2c(N)ncnc21. The summed E-state index contributed by atoms with van der Waals surface area (Å²) in [6.45, 7) is 8.63. The first-order valence-corrected chi connectivity index (χ1v) is 7.38. The lowest BCUT2D eigenvalue weighted by Gasteiger charge is -2.16. The minimum absolute atomic E-state index is 0.417. The van der Waals surface area contributed by atoms with Crippen LogP contribution in [-0.4, -0.2) is 26.0 Å². The third-order valence-electron chi connectivity index (χ3n) is 3.37. The Labute approximate surface area is 112 Å². The summed E-state index contributed by atoms with van der Waals surface area (Å²) < 4.78 is 2.28. The van der Waals surface area contributed by atoms with Gasteiger partial charge in [0.15, 0.2) is 0 Å². The van der Waals surface area contributed by atoms with Gasteiger partial charge in [0.25, 0.3) is 0 Å². The standard InChI is InChI=1S/C13H20N4S/c1-5-18-6-8(2)17-10(4)9(3)11-12(14)15-7-16-13(11)17/h7-8H,5-6H2,1-4H3,(H2,14,15,16). The van der Waals surface area contributed by atoms with Gasteiger partial charge in [-0.15, -0.1) is 0 Å². The number of fused-ring (bicyclic) bond motifs is 1. The Morgan fingerprint density at radius 1 is 1.39 bits per heavy atom. The van der Waals surface area contributed by atoms with E-state index in [1.54, 1.807) is 6.33 Å². The van der Waals surface area contributed by atoms with Gasteiger partial charge in [0.05, 0.1) is 5.39 Å². The van der Waals surface area contributed by atoms with Gasteiger partial charge in [-0.1, -0.05) is 6.92 Å². The zero-order valence-corrected chi connectivity index (χ0v) is 12.2. The van der Waals surface area contributed by atoms with E-state index in [1.807, 2.05) is 11.8 Å². The molecule has 1 atom stereocenters. The van der Waals surface area contributed by atoms with Crippen LogP contribution >= 0.6 is 11.8 Å². The van der Waals surface area contributed by atoms with E-state index in [0.29, 0.717) is 11.9 Å². The molecular formula is C13H20N4S. The first kappa shape index (κ1) is 13.2. The van der Waals surface area contributed by atoms with Crippen molar-refractivity contribution in [1.82, 2.24) is 14.5 Å². The molecule has 0 aliphatic carbocycles. The van der Waals surface area contributed by atoms with E-state index in [2.05, 4.69) is 42.2 Å². The van der Waals surface area contributed by atoms with Crippen LogP contribution in [0.3, 0.4) is 0 Å². The minimum Gasteiger partial charge on any atom is -0.383 e. The number of thioether (sulfide) groups is 1. The fourth-order valence-corrected chi connectivity index (χ4v) is 3.08. The second-order valence-corrected chi connectivity index (χ2v) is 5.87. The van der Waals surface area contributed by atoms with Gasteiger partial charge in [-0.2, -0.15) is 11.8 Å². The molecule has 0 saturated carbocycles. The van der Waals surface area contributed by atoms with Crippen LogP contribution in [-0.2, 0) is 0 Å². The number of hydrogen-bond acceptors (Lipinski definition) is 4. The predicted molar refractivity (Wildman–Crippen MR) is 79.1 cm³/mol. The maximum Gasteiger partial charge on any atom is 0.146 e. The fraction of sp³-hybridized carbons (Fsp3) is 0.538. The van der Waals surface area contributed by atoms with Crippen molar-refractivity contribution >= 4 is 28.6 Å². The summed E-state index contributed by atoms with van der Waals surface area (Å²) in [5.41, 5.74) is 9.36. The Balaban J connectivity index is 2.57. The molecule has 0 aromatic carbocycles. The summed E-state index contributed by atoms with van der Waals surface area (Å²) in [5.74, 6) is 2.80. The lowest BCUT2D eigenvalue weighted by atomic mass is 10.2. The highest BCUT2D eigenvalue weighted by atomic mass is 32.2. The van der Waals surface area contributed by atoms with E-state index >= 15 is 0 Å². The third-order valence-corrected chi connectivity index (χ3v) is 4.49. The molecule has 1 unspecified atom stereocenters. The molecular weight excluding hydrogens is 244 g/mol. The summed E-state index contributed by atoms with van der Waals surface area (Å²) in [4.78, 5) is 8.51. The second-order valence-electron chi connectivity index (χ2n) is 4.55. The van der Waals surface area contributed by atoms with Crippen LogP contribution < -0.4 is 5.73 Å². The minimum atomic E-state index is 0.417. The first-order chi connectivity index (χ1) is 8.57. The second kappa shape index (κ2) is 5.18. The molecule has 0 saturated heterocycles. The number of aromatic nitrogens is 3. The Bertz CT molecular complexity index is 562. The summed E-state index contributed by atoms with van der Waals surface area (Å²) in [5, 5.41) is 1.00. The largest absolute Gasteiger partial charge is 0.383 e. The molecule has 2 heterocycles. The zero-order chi connectivity index (χ0) is 13.3. The van der Waals surface area contributed by atoms with E-state index in [9.17, 15) is 0 Å². The van der Waals surface area contributed by atoms with Crippen LogP contribution in [0.25, 0.3) is 11.0 Å². The molecule has 0 aliphatic rings. The van der Waals surface area contributed by atoms with Crippen molar-refractivity contribution in [1.29, 1.82) is 0 Å². The van der Waals surface area contributed by atoms with Crippen molar-refractivity contribution in [3.8, 4) is 0 Å². The highest BCUT2D eigenvalue weighted by molar-refractivity contribution is 7.99. The molecule has 2 N–H and O–H groups in total. The van der Waals surface area contributed by atoms with Crippen molar-refractivity contribution in [2.24, 2.45) is 0 Å². The monoisotopic (exact) mass is 264 g/mol. The molecule has 5 heteroatoms. The van der Waals surface area contributed by atoms with E-state index in [4.69, 9.17) is 5.73 Å². The number of rotatable bonds is 4. The first-order valence-electron chi connectivity index (χ1n) is 6.23. The summed E-state index contributed by atoms with van der Waals surface area (Å²) in [6, 6.07) is 0.417. The third kappa shape index (κ3) is 2.07. The summed E-state index contributed by atoms with van der Waals surface area (Å²) >= 11 is 1.95. The molecule has 4 nitrogen and oxygen atoms in total. The molecule has 0 aliphatic heterocycles. The van der Waals surface area contributed by atoms with Crippen LogP contribution in [0, 0.1) is 13.8 Å². The molecule has 0 spiro atoms. The fourth-order valence-electron chi connectivity index (χ4n) is 2.35. The number of nitrogens with two attached hydrogens (primary N) is 1. The molecule has 2 aromatic rings. The molecule has 98 valence electrons. The van der Waals surface area contributed by atoms with Gasteiger partial charge in [-0.3, -0.25) is 0 Å². The molecule has 0 radical (unpaired) electrons. The van der Waals surface area contributed by atoms with Gasteiger partial charge in [-0.05, 0) is 32.1 Å². The van der Waals surface area contributed by atoms with Crippen molar-refractivity contribution in [3.63, 3.8) is 0 Å². The Kier molecular flexibility index (Phi) is 3.80. The van der Waals surface area contributed by atoms with E-state index < -0.39 is 0 Å². The van der Waals surface area contributed by atoms with Crippen LogP contribution in [0.5, 0.6) is 0 Å². The summed E-state index contributed by atoms with van der Waals surface area (Å²) in [6.07, 6.45) is 1.55. The average Bonchev–Trinajstić information content (AvgIpc) is 2.60. The summed E-state index contributed by atoms with van der Waals surface area (Å²) in [7, 11) is 0. The van der Waals surface area contributed by atoms with Gasteiger partial charge in [0.1, 0.15) is 17.8 Å². The van der Waals surface area contributed by atoms with Crippen LogP contribution in [0.2, 0.25) is 0 Å². The Morgan fingerprint density at radius 3 is 2.78 bits per heavy atom. The van der Waals surface area contributed by atoms with Gasteiger partial charge in [0, 0.05) is 17.5 Å². The lowest BCUT2D eigenvalue weighted by molar-refractivity contribution is 0.610.